The van der Waals surface area contributed by atoms with Gasteiger partial charge in [-0.3, -0.25) is 4.57 Å². The lowest BCUT2D eigenvalue weighted by Gasteiger charge is -2.04. The first-order valence-corrected chi connectivity index (χ1v) is 5.55. The van der Waals surface area contributed by atoms with Crippen molar-refractivity contribution in [3.8, 4) is 5.82 Å². The van der Waals surface area contributed by atoms with Gasteiger partial charge in [-0.05, 0) is 24.6 Å². The maximum atomic E-state index is 5.85. The maximum absolute atomic E-state index is 5.85. The summed E-state index contributed by atoms with van der Waals surface area (Å²) in [5, 5.41) is 8.20. The van der Waals surface area contributed by atoms with Gasteiger partial charge in [0, 0.05) is 18.5 Å². The van der Waals surface area contributed by atoms with Crippen molar-refractivity contribution < 1.29 is 0 Å². The molecule has 5 heteroatoms. The highest BCUT2D eigenvalue weighted by Crippen LogP contribution is 2.19. The van der Waals surface area contributed by atoms with Crippen LogP contribution in [0, 0.1) is 6.92 Å². The third-order valence-corrected chi connectivity index (χ3v) is 2.74. The molecule has 0 bridgehead atoms. The molecule has 3 rings (SSSR count). The molecule has 0 saturated carbocycles. The van der Waals surface area contributed by atoms with E-state index in [0.717, 1.165) is 22.4 Å². The SMILES string of the molecule is Cc1ccc(-n2ccc3nnc(Cl)cc32)nc1. The van der Waals surface area contributed by atoms with Crippen LogP contribution >= 0.6 is 11.6 Å². The second kappa shape index (κ2) is 3.82. The summed E-state index contributed by atoms with van der Waals surface area (Å²) in [6, 6.07) is 7.65. The van der Waals surface area contributed by atoms with Crippen molar-refractivity contribution in [3.05, 3.63) is 47.4 Å². The van der Waals surface area contributed by atoms with Gasteiger partial charge in [-0.15, -0.1) is 10.2 Å². The molecule has 0 aromatic carbocycles. The molecule has 0 aliphatic heterocycles. The van der Waals surface area contributed by atoms with Crippen LogP contribution in [0.2, 0.25) is 5.15 Å². The Kier molecular flexibility index (Phi) is 2.30. The number of nitrogens with zero attached hydrogens (tertiary/aromatic N) is 4. The molecule has 0 spiro atoms. The van der Waals surface area contributed by atoms with Gasteiger partial charge in [0.2, 0.25) is 0 Å². The fraction of sp³-hybridized carbons (Fsp3) is 0.0833. The van der Waals surface area contributed by atoms with Gasteiger partial charge < -0.3 is 0 Å². The zero-order valence-electron chi connectivity index (χ0n) is 9.13. The summed E-state index contributed by atoms with van der Waals surface area (Å²) in [6.07, 6.45) is 3.74. The van der Waals surface area contributed by atoms with Crippen molar-refractivity contribution in [1.29, 1.82) is 0 Å². The molecule has 0 amide bonds. The minimum absolute atomic E-state index is 0.379. The van der Waals surface area contributed by atoms with Gasteiger partial charge in [-0.25, -0.2) is 4.98 Å². The summed E-state index contributed by atoms with van der Waals surface area (Å²) in [6.45, 7) is 2.01. The summed E-state index contributed by atoms with van der Waals surface area (Å²) >= 11 is 5.85. The maximum Gasteiger partial charge on any atom is 0.153 e. The van der Waals surface area contributed by atoms with Crippen LogP contribution in [-0.4, -0.2) is 19.7 Å². The van der Waals surface area contributed by atoms with Crippen molar-refractivity contribution in [2.24, 2.45) is 0 Å². The number of halogens is 1. The van der Waals surface area contributed by atoms with Gasteiger partial charge in [0.25, 0.3) is 0 Å². The lowest BCUT2D eigenvalue weighted by Crippen LogP contribution is -1.96. The third-order valence-electron chi connectivity index (χ3n) is 2.56. The Hall–Kier alpha value is -1.94. The van der Waals surface area contributed by atoms with Crippen LogP contribution in [0.25, 0.3) is 16.9 Å². The highest BCUT2D eigenvalue weighted by atomic mass is 35.5. The quantitative estimate of drug-likeness (QED) is 0.661. The van der Waals surface area contributed by atoms with E-state index in [4.69, 9.17) is 11.6 Å². The second-order valence-corrected chi connectivity index (χ2v) is 4.20. The first-order valence-electron chi connectivity index (χ1n) is 5.17. The van der Waals surface area contributed by atoms with Crippen LogP contribution in [0.5, 0.6) is 0 Å². The molecule has 3 heterocycles. The monoisotopic (exact) mass is 244 g/mol. The molecule has 4 nitrogen and oxygen atoms in total. The molecular weight excluding hydrogens is 236 g/mol. The summed E-state index contributed by atoms with van der Waals surface area (Å²) in [5.74, 6) is 0.842. The number of aromatic nitrogens is 4. The minimum atomic E-state index is 0.379. The van der Waals surface area contributed by atoms with Crippen LogP contribution in [0.4, 0.5) is 0 Å². The molecule has 0 saturated heterocycles. The number of fused-ring (bicyclic) bond motifs is 1. The Bertz CT molecular complexity index is 673. The predicted molar refractivity (Wildman–Crippen MR) is 66.4 cm³/mol. The molecule has 3 aromatic heterocycles. The molecule has 0 atom stereocenters. The molecule has 84 valence electrons. The van der Waals surface area contributed by atoms with Crippen molar-refractivity contribution in [2.45, 2.75) is 6.92 Å². The minimum Gasteiger partial charge on any atom is -0.299 e. The fourth-order valence-corrected chi connectivity index (χ4v) is 1.85. The molecule has 0 aliphatic carbocycles. The van der Waals surface area contributed by atoms with Crippen molar-refractivity contribution in [3.63, 3.8) is 0 Å². The highest BCUT2D eigenvalue weighted by Gasteiger charge is 2.06. The predicted octanol–water partition coefficient (Wildman–Crippen LogP) is 2.78. The molecule has 0 unspecified atom stereocenters. The first-order chi connectivity index (χ1) is 8.24. The van der Waals surface area contributed by atoms with E-state index in [0.29, 0.717) is 5.15 Å². The van der Waals surface area contributed by atoms with E-state index < -0.39 is 0 Å². The number of hydrogen-bond donors (Lipinski definition) is 0. The van der Waals surface area contributed by atoms with Gasteiger partial charge in [0.05, 0.1) is 5.52 Å². The smallest absolute Gasteiger partial charge is 0.153 e. The summed E-state index contributed by atoms with van der Waals surface area (Å²) in [7, 11) is 0. The standard InChI is InChI=1S/C12H9ClN4/c1-8-2-3-12(14-7-8)17-5-4-9-10(17)6-11(13)16-15-9/h2-7H,1H3. The van der Waals surface area contributed by atoms with E-state index in [-0.39, 0.29) is 0 Å². The summed E-state index contributed by atoms with van der Waals surface area (Å²) < 4.78 is 1.94. The largest absolute Gasteiger partial charge is 0.299 e. The van der Waals surface area contributed by atoms with E-state index in [1.165, 1.54) is 0 Å². The number of rotatable bonds is 1. The molecule has 0 N–H and O–H groups in total. The molecule has 17 heavy (non-hydrogen) atoms. The number of aryl methyl sites for hydroxylation is 1. The average Bonchev–Trinajstić information content (AvgIpc) is 2.73. The highest BCUT2D eigenvalue weighted by molar-refractivity contribution is 6.29. The Morgan fingerprint density at radius 2 is 2.06 bits per heavy atom. The summed E-state index contributed by atoms with van der Waals surface area (Å²) in [4.78, 5) is 4.37. The molecule has 3 aromatic rings. The van der Waals surface area contributed by atoms with Crippen molar-refractivity contribution >= 4 is 22.6 Å². The van der Waals surface area contributed by atoms with Gasteiger partial charge in [0.15, 0.2) is 5.15 Å². The molecule has 0 aliphatic rings. The Morgan fingerprint density at radius 3 is 2.82 bits per heavy atom. The van der Waals surface area contributed by atoms with Crippen LogP contribution in [0.15, 0.2) is 36.7 Å². The van der Waals surface area contributed by atoms with Crippen molar-refractivity contribution in [2.75, 3.05) is 0 Å². The van der Waals surface area contributed by atoms with E-state index in [9.17, 15) is 0 Å². The Balaban J connectivity index is 2.23. The topological polar surface area (TPSA) is 43.6 Å². The van der Waals surface area contributed by atoms with Gasteiger partial charge in [0.1, 0.15) is 11.3 Å². The Labute approximate surface area is 103 Å². The molecule has 0 radical (unpaired) electrons. The normalized spacial score (nSPS) is 10.9. The van der Waals surface area contributed by atoms with Gasteiger partial charge >= 0.3 is 0 Å². The second-order valence-electron chi connectivity index (χ2n) is 3.82. The lowest BCUT2D eigenvalue weighted by atomic mass is 10.3. The van der Waals surface area contributed by atoms with Crippen LogP contribution in [0.1, 0.15) is 5.56 Å². The van der Waals surface area contributed by atoms with Crippen molar-refractivity contribution in [1.82, 2.24) is 19.7 Å². The average molecular weight is 245 g/mol. The van der Waals surface area contributed by atoms with E-state index in [1.807, 2.05) is 42.1 Å². The first kappa shape index (κ1) is 10.2. The third kappa shape index (κ3) is 1.76. The number of pyridine rings is 1. The van der Waals surface area contributed by atoms with Crippen LogP contribution < -0.4 is 0 Å². The molecular formula is C12H9ClN4. The number of hydrogen-bond acceptors (Lipinski definition) is 3. The van der Waals surface area contributed by atoms with Crippen LogP contribution in [0.3, 0.4) is 0 Å². The van der Waals surface area contributed by atoms with Gasteiger partial charge in [-0.1, -0.05) is 17.7 Å². The zero-order chi connectivity index (χ0) is 11.8. The zero-order valence-corrected chi connectivity index (χ0v) is 9.89. The van der Waals surface area contributed by atoms with E-state index >= 15 is 0 Å². The lowest BCUT2D eigenvalue weighted by molar-refractivity contribution is 1.02. The fourth-order valence-electron chi connectivity index (χ4n) is 1.71. The van der Waals surface area contributed by atoms with E-state index in [2.05, 4.69) is 15.2 Å². The van der Waals surface area contributed by atoms with Gasteiger partial charge in [-0.2, -0.15) is 0 Å². The molecule has 0 fully saturated rings. The van der Waals surface area contributed by atoms with Crippen LogP contribution in [-0.2, 0) is 0 Å². The summed E-state index contributed by atoms with van der Waals surface area (Å²) in [5.41, 5.74) is 2.83. The Morgan fingerprint density at radius 1 is 1.18 bits per heavy atom. The van der Waals surface area contributed by atoms with E-state index in [1.54, 1.807) is 6.07 Å².